The van der Waals surface area contributed by atoms with Gasteiger partial charge in [0.2, 0.25) is 10.0 Å². The molecule has 3 rings (SSSR count). The Labute approximate surface area is 162 Å². The Hall–Kier alpha value is -2.49. The van der Waals surface area contributed by atoms with Gasteiger partial charge in [0.15, 0.2) is 0 Å². The van der Waals surface area contributed by atoms with E-state index in [1.165, 1.54) is 36.4 Å². The molecule has 0 unspecified atom stereocenters. The van der Waals surface area contributed by atoms with Crippen molar-refractivity contribution in [2.24, 2.45) is 0 Å². The van der Waals surface area contributed by atoms with Crippen LogP contribution in [0.3, 0.4) is 0 Å². The third-order valence-corrected chi connectivity index (χ3v) is 6.45. The quantitative estimate of drug-likeness (QED) is 0.756. The van der Waals surface area contributed by atoms with Gasteiger partial charge in [-0.15, -0.1) is 0 Å². The highest BCUT2D eigenvalue weighted by molar-refractivity contribution is 7.89. The van der Waals surface area contributed by atoms with Gasteiger partial charge in [0.1, 0.15) is 24.2 Å². The smallest absolute Gasteiger partial charge is 0.324 e. The SMILES string of the molecule is O=C(O)[C@H]1[C@@H](O)CCCN1S(=O)(=O)c1ccc(OCc2ccc(F)cc2)cc1. The minimum Gasteiger partial charge on any atom is -0.489 e. The van der Waals surface area contributed by atoms with Crippen LogP contribution < -0.4 is 4.74 Å². The van der Waals surface area contributed by atoms with Gasteiger partial charge >= 0.3 is 5.97 Å². The molecular formula is C19H20FNO6S. The normalized spacial score (nSPS) is 20.6. The number of ether oxygens (including phenoxy) is 1. The Balaban J connectivity index is 1.74. The Morgan fingerprint density at radius 3 is 2.39 bits per heavy atom. The van der Waals surface area contributed by atoms with E-state index >= 15 is 0 Å². The summed E-state index contributed by atoms with van der Waals surface area (Å²) >= 11 is 0. The third kappa shape index (κ3) is 4.32. The number of aliphatic hydroxyl groups is 1. The summed E-state index contributed by atoms with van der Waals surface area (Å²) < 4.78 is 45.0. The lowest BCUT2D eigenvalue weighted by Gasteiger charge is -2.35. The fourth-order valence-corrected chi connectivity index (χ4v) is 4.74. The molecule has 9 heteroatoms. The van der Waals surface area contributed by atoms with E-state index in [9.17, 15) is 27.8 Å². The van der Waals surface area contributed by atoms with Gasteiger partial charge in [-0.3, -0.25) is 4.79 Å². The molecule has 1 aliphatic rings. The van der Waals surface area contributed by atoms with Crippen LogP contribution in [0.5, 0.6) is 5.75 Å². The largest absolute Gasteiger partial charge is 0.489 e. The number of carbonyl (C=O) groups is 1. The molecule has 150 valence electrons. The number of nitrogens with zero attached hydrogens (tertiary/aromatic N) is 1. The molecule has 1 fully saturated rings. The van der Waals surface area contributed by atoms with Crippen LogP contribution in [-0.4, -0.2) is 47.6 Å². The number of sulfonamides is 1. The number of halogens is 1. The zero-order valence-corrected chi connectivity index (χ0v) is 15.7. The molecule has 0 aromatic heterocycles. The molecule has 1 heterocycles. The van der Waals surface area contributed by atoms with Crippen LogP contribution in [0.25, 0.3) is 0 Å². The van der Waals surface area contributed by atoms with Crippen LogP contribution >= 0.6 is 0 Å². The van der Waals surface area contributed by atoms with Crippen molar-refractivity contribution in [3.05, 3.63) is 59.9 Å². The number of aliphatic hydroxyl groups excluding tert-OH is 1. The average Bonchev–Trinajstić information content (AvgIpc) is 2.67. The molecule has 2 N–H and O–H groups in total. The van der Waals surface area contributed by atoms with Crippen molar-refractivity contribution in [2.75, 3.05) is 6.54 Å². The van der Waals surface area contributed by atoms with Crippen molar-refractivity contribution in [2.45, 2.75) is 36.5 Å². The van der Waals surface area contributed by atoms with Crippen LogP contribution in [0.1, 0.15) is 18.4 Å². The molecule has 28 heavy (non-hydrogen) atoms. The molecule has 2 aromatic carbocycles. The molecule has 0 amide bonds. The first-order valence-electron chi connectivity index (χ1n) is 8.69. The van der Waals surface area contributed by atoms with E-state index in [0.29, 0.717) is 12.2 Å². The third-order valence-electron chi connectivity index (χ3n) is 4.56. The van der Waals surface area contributed by atoms with Crippen molar-refractivity contribution in [3.63, 3.8) is 0 Å². The van der Waals surface area contributed by atoms with E-state index in [-0.39, 0.29) is 30.3 Å². The maximum Gasteiger partial charge on any atom is 0.324 e. The van der Waals surface area contributed by atoms with E-state index < -0.39 is 28.1 Å². The fraction of sp³-hybridized carbons (Fsp3) is 0.316. The summed E-state index contributed by atoms with van der Waals surface area (Å²) in [4.78, 5) is 11.4. The molecule has 2 aromatic rings. The zero-order valence-electron chi connectivity index (χ0n) is 14.9. The summed E-state index contributed by atoms with van der Waals surface area (Å²) in [5.74, 6) is -1.31. The first-order chi connectivity index (χ1) is 13.3. The average molecular weight is 409 g/mol. The van der Waals surface area contributed by atoms with Crippen LogP contribution in [-0.2, 0) is 21.4 Å². The van der Waals surface area contributed by atoms with Crippen LogP contribution in [0, 0.1) is 5.82 Å². The first kappa shape index (κ1) is 20.2. The second-order valence-electron chi connectivity index (χ2n) is 6.49. The number of rotatable bonds is 6. The standard InChI is InChI=1S/C19H20FNO6S/c20-14-5-3-13(4-6-14)12-27-15-7-9-16(10-8-15)28(25,26)21-11-1-2-17(22)18(21)19(23)24/h3-10,17-18,22H,1-2,11-12H2,(H,23,24)/t17-,18+/m0/s1. The van der Waals surface area contributed by atoms with Gasteiger partial charge in [-0.05, 0) is 54.8 Å². The van der Waals surface area contributed by atoms with Crippen molar-refractivity contribution in [1.29, 1.82) is 0 Å². The van der Waals surface area contributed by atoms with E-state index in [0.717, 1.165) is 9.87 Å². The number of hydrogen-bond acceptors (Lipinski definition) is 5. The Kier molecular flexibility index (Phi) is 5.97. The molecule has 7 nitrogen and oxygen atoms in total. The molecular weight excluding hydrogens is 389 g/mol. The number of aliphatic carboxylic acids is 1. The molecule has 0 saturated carbocycles. The van der Waals surface area contributed by atoms with Crippen LogP contribution in [0.15, 0.2) is 53.4 Å². The fourth-order valence-electron chi connectivity index (χ4n) is 3.09. The van der Waals surface area contributed by atoms with Gasteiger partial charge in [-0.2, -0.15) is 4.31 Å². The van der Waals surface area contributed by atoms with Crippen molar-refractivity contribution < 1.29 is 32.6 Å². The van der Waals surface area contributed by atoms with Gasteiger partial charge < -0.3 is 14.9 Å². The summed E-state index contributed by atoms with van der Waals surface area (Å²) in [7, 11) is -4.08. The predicted molar refractivity (Wildman–Crippen MR) is 97.7 cm³/mol. The second kappa shape index (κ2) is 8.26. The monoisotopic (exact) mass is 409 g/mol. The highest BCUT2D eigenvalue weighted by Gasteiger charge is 2.42. The van der Waals surface area contributed by atoms with Crippen LogP contribution in [0.4, 0.5) is 4.39 Å². The van der Waals surface area contributed by atoms with Crippen molar-refractivity contribution in [3.8, 4) is 5.75 Å². The molecule has 2 atom stereocenters. The van der Waals surface area contributed by atoms with E-state index in [2.05, 4.69) is 0 Å². The lowest BCUT2D eigenvalue weighted by atomic mass is 10.0. The van der Waals surface area contributed by atoms with Gasteiger partial charge in [0.25, 0.3) is 0 Å². The number of piperidine rings is 1. The Morgan fingerprint density at radius 2 is 1.79 bits per heavy atom. The minimum absolute atomic E-state index is 0.0270. The summed E-state index contributed by atoms with van der Waals surface area (Å²) in [6, 6.07) is 9.89. The van der Waals surface area contributed by atoms with Gasteiger partial charge in [-0.25, -0.2) is 12.8 Å². The van der Waals surface area contributed by atoms with Gasteiger partial charge in [0.05, 0.1) is 11.0 Å². The predicted octanol–water partition coefficient (Wildman–Crippen LogP) is 2.00. The summed E-state index contributed by atoms with van der Waals surface area (Å²) in [5.41, 5.74) is 0.754. The van der Waals surface area contributed by atoms with Gasteiger partial charge in [-0.1, -0.05) is 12.1 Å². The Morgan fingerprint density at radius 1 is 1.14 bits per heavy atom. The Bertz CT molecular complexity index is 930. The zero-order chi connectivity index (χ0) is 20.3. The van der Waals surface area contributed by atoms with Crippen molar-refractivity contribution >= 4 is 16.0 Å². The second-order valence-corrected chi connectivity index (χ2v) is 8.39. The van der Waals surface area contributed by atoms with E-state index in [4.69, 9.17) is 4.74 Å². The molecule has 1 saturated heterocycles. The first-order valence-corrected chi connectivity index (χ1v) is 10.1. The van der Waals surface area contributed by atoms with E-state index in [1.807, 2.05) is 0 Å². The van der Waals surface area contributed by atoms with E-state index in [1.54, 1.807) is 12.1 Å². The topological polar surface area (TPSA) is 104 Å². The molecule has 1 aliphatic heterocycles. The maximum atomic E-state index is 12.9. The van der Waals surface area contributed by atoms with Crippen LogP contribution in [0.2, 0.25) is 0 Å². The minimum atomic E-state index is -4.08. The number of benzene rings is 2. The lowest BCUT2D eigenvalue weighted by molar-refractivity contribution is -0.146. The lowest BCUT2D eigenvalue weighted by Crippen LogP contribution is -2.54. The van der Waals surface area contributed by atoms with Gasteiger partial charge in [0, 0.05) is 6.54 Å². The number of hydrogen-bond donors (Lipinski definition) is 2. The summed E-state index contributed by atoms with van der Waals surface area (Å²) in [5, 5.41) is 19.2. The maximum absolute atomic E-state index is 12.9. The molecule has 0 spiro atoms. The summed E-state index contributed by atoms with van der Waals surface area (Å²) in [6.45, 7) is 0.213. The molecule has 0 aliphatic carbocycles. The number of carboxylic acids is 1. The highest BCUT2D eigenvalue weighted by atomic mass is 32.2. The molecule has 0 bridgehead atoms. The van der Waals surface area contributed by atoms with Crippen molar-refractivity contribution in [1.82, 2.24) is 4.31 Å². The summed E-state index contributed by atoms with van der Waals surface area (Å²) in [6.07, 6.45) is -0.637. The number of carboxylic acid groups (broad SMARTS) is 1. The highest BCUT2D eigenvalue weighted by Crippen LogP contribution is 2.27. The molecule has 0 radical (unpaired) electrons.